The highest BCUT2D eigenvalue weighted by molar-refractivity contribution is 6.34. The average Bonchev–Trinajstić information content (AvgIpc) is 3.15. The van der Waals surface area contributed by atoms with Crippen LogP contribution in [0.3, 0.4) is 0 Å². The highest BCUT2D eigenvalue weighted by atomic mass is 35.5. The number of fused-ring (bicyclic) bond motifs is 1. The van der Waals surface area contributed by atoms with Crippen molar-refractivity contribution < 1.29 is 9.53 Å². The number of piperazine rings is 1. The minimum absolute atomic E-state index is 0.0119. The predicted molar refractivity (Wildman–Crippen MR) is 142 cm³/mol. The molecule has 0 spiro atoms. The lowest BCUT2D eigenvalue weighted by Gasteiger charge is -2.44. The zero-order chi connectivity index (χ0) is 25.0. The third-order valence-electron chi connectivity index (χ3n) is 8.41. The molecule has 4 heterocycles. The van der Waals surface area contributed by atoms with Crippen LogP contribution in [-0.2, 0) is 16.6 Å². The highest BCUT2D eigenvalue weighted by Gasteiger charge is 2.53. The number of aromatic nitrogens is 3. The van der Waals surface area contributed by atoms with Gasteiger partial charge in [0.2, 0.25) is 5.91 Å². The summed E-state index contributed by atoms with van der Waals surface area (Å²) in [5, 5.41) is 10.0. The van der Waals surface area contributed by atoms with Crippen molar-refractivity contribution in [3.05, 3.63) is 47.4 Å². The Labute approximate surface area is 216 Å². The second-order valence-corrected chi connectivity index (χ2v) is 11.2. The van der Waals surface area contributed by atoms with Gasteiger partial charge in [-0.2, -0.15) is 5.10 Å². The Morgan fingerprint density at radius 2 is 1.97 bits per heavy atom. The van der Waals surface area contributed by atoms with E-state index in [2.05, 4.69) is 45.1 Å². The largest absolute Gasteiger partial charge is 0.379 e. The van der Waals surface area contributed by atoms with Crippen LogP contribution in [0.1, 0.15) is 31.7 Å². The Kier molecular flexibility index (Phi) is 5.93. The van der Waals surface area contributed by atoms with E-state index in [1.54, 1.807) is 10.9 Å². The average molecular weight is 509 g/mol. The summed E-state index contributed by atoms with van der Waals surface area (Å²) in [5.41, 5.74) is 2.30. The van der Waals surface area contributed by atoms with Crippen molar-refractivity contribution in [1.82, 2.24) is 19.7 Å². The molecular weight excluding hydrogens is 476 g/mol. The number of hydrogen-bond acceptors (Lipinski definition) is 6. The number of benzene rings is 1. The fourth-order valence-corrected chi connectivity index (χ4v) is 6.35. The molecule has 2 aromatic heterocycles. The van der Waals surface area contributed by atoms with Crippen molar-refractivity contribution >= 4 is 39.8 Å². The lowest BCUT2D eigenvalue weighted by molar-refractivity contribution is -0.117. The SMILES string of the molecule is C[C@H]1[C@H](C(=O)Nc2cc3cc(N4CCN([C@@]5(C)CCOC5)CC4)c(Cl)cc3cn2)[C@H]1c1cnn(C)c1. The number of ether oxygens (including phenoxy) is 1. The van der Waals surface area contributed by atoms with Crippen molar-refractivity contribution in [1.29, 1.82) is 0 Å². The van der Waals surface area contributed by atoms with Crippen LogP contribution in [0, 0.1) is 11.8 Å². The summed E-state index contributed by atoms with van der Waals surface area (Å²) in [5.74, 6) is 1.02. The zero-order valence-electron chi connectivity index (χ0n) is 21.1. The molecule has 6 rings (SSSR count). The molecule has 0 bridgehead atoms. The summed E-state index contributed by atoms with van der Waals surface area (Å²) in [6.07, 6.45) is 6.73. The normalized spacial score (nSPS) is 28.6. The molecule has 1 aliphatic carbocycles. The third-order valence-corrected chi connectivity index (χ3v) is 8.71. The molecule has 0 radical (unpaired) electrons. The van der Waals surface area contributed by atoms with Gasteiger partial charge in [-0.25, -0.2) is 4.98 Å². The number of anilines is 2. The molecule has 1 N–H and O–H groups in total. The fourth-order valence-electron chi connectivity index (χ4n) is 6.05. The number of rotatable bonds is 5. The summed E-state index contributed by atoms with van der Waals surface area (Å²) < 4.78 is 7.45. The van der Waals surface area contributed by atoms with Crippen LogP contribution in [0.5, 0.6) is 0 Å². The van der Waals surface area contributed by atoms with E-state index in [1.807, 2.05) is 31.6 Å². The topological polar surface area (TPSA) is 75.5 Å². The van der Waals surface area contributed by atoms with E-state index in [4.69, 9.17) is 16.3 Å². The zero-order valence-corrected chi connectivity index (χ0v) is 21.8. The van der Waals surface area contributed by atoms with Gasteiger partial charge in [-0.05, 0) is 48.4 Å². The lowest BCUT2D eigenvalue weighted by Crippen LogP contribution is -2.56. The first kappa shape index (κ1) is 23.7. The van der Waals surface area contributed by atoms with Crippen molar-refractivity contribution in [2.45, 2.75) is 31.7 Å². The Hall–Kier alpha value is -2.68. The molecule has 2 saturated heterocycles. The monoisotopic (exact) mass is 508 g/mol. The van der Waals surface area contributed by atoms with E-state index in [-0.39, 0.29) is 29.2 Å². The highest BCUT2D eigenvalue weighted by Crippen LogP contribution is 2.54. The molecule has 3 aromatic rings. The predicted octanol–water partition coefficient (Wildman–Crippen LogP) is 3.91. The van der Waals surface area contributed by atoms with Gasteiger partial charge in [0.15, 0.2) is 0 Å². The molecule has 3 aliphatic rings. The van der Waals surface area contributed by atoms with Gasteiger partial charge in [-0.1, -0.05) is 18.5 Å². The Balaban J connectivity index is 1.16. The van der Waals surface area contributed by atoms with E-state index < -0.39 is 0 Å². The fraction of sp³-hybridized carbons (Fsp3) is 0.519. The van der Waals surface area contributed by atoms with Crippen molar-refractivity contribution in [3.8, 4) is 0 Å². The number of amides is 1. The Bertz CT molecular complexity index is 1290. The maximum Gasteiger partial charge on any atom is 0.229 e. The van der Waals surface area contributed by atoms with E-state index in [9.17, 15) is 4.79 Å². The molecule has 36 heavy (non-hydrogen) atoms. The van der Waals surface area contributed by atoms with E-state index >= 15 is 0 Å². The molecule has 2 aliphatic heterocycles. The number of hydrogen-bond donors (Lipinski definition) is 1. The Morgan fingerprint density at radius 3 is 2.67 bits per heavy atom. The number of carbonyl (C=O) groups is 1. The van der Waals surface area contributed by atoms with Gasteiger partial charge >= 0.3 is 0 Å². The number of nitrogens with zero attached hydrogens (tertiary/aromatic N) is 5. The first-order valence-corrected chi connectivity index (χ1v) is 13.2. The number of halogens is 1. The number of pyridine rings is 1. The molecule has 4 atom stereocenters. The molecule has 3 fully saturated rings. The van der Waals surface area contributed by atoms with E-state index in [0.29, 0.717) is 5.82 Å². The molecular formula is C27H33ClN6O2. The van der Waals surface area contributed by atoms with Gasteiger partial charge in [0.1, 0.15) is 5.82 Å². The van der Waals surface area contributed by atoms with Gasteiger partial charge in [0, 0.05) is 75.0 Å². The van der Waals surface area contributed by atoms with E-state index in [1.165, 1.54) is 0 Å². The molecule has 9 heteroatoms. The minimum atomic E-state index is -0.0594. The van der Waals surface area contributed by atoms with Crippen molar-refractivity contribution in [2.24, 2.45) is 18.9 Å². The van der Waals surface area contributed by atoms with E-state index in [0.717, 1.165) is 72.9 Å². The van der Waals surface area contributed by atoms with Gasteiger partial charge in [0.25, 0.3) is 0 Å². The lowest BCUT2D eigenvalue weighted by atomic mass is 9.98. The molecule has 1 amide bonds. The van der Waals surface area contributed by atoms with Gasteiger partial charge in [0.05, 0.1) is 23.5 Å². The molecule has 1 aromatic carbocycles. The van der Waals surface area contributed by atoms with Crippen LogP contribution in [0.2, 0.25) is 5.02 Å². The van der Waals surface area contributed by atoms with Gasteiger partial charge in [-0.3, -0.25) is 14.4 Å². The first-order chi connectivity index (χ1) is 17.3. The third kappa shape index (κ3) is 4.25. The molecule has 0 unspecified atom stereocenters. The summed E-state index contributed by atoms with van der Waals surface area (Å²) in [6.45, 7) is 9.91. The van der Waals surface area contributed by atoms with Crippen molar-refractivity contribution in [3.63, 3.8) is 0 Å². The second kappa shape index (κ2) is 9.01. The smallest absolute Gasteiger partial charge is 0.229 e. The number of nitrogens with one attached hydrogen (secondary N) is 1. The summed E-state index contributed by atoms with van der Waals surface area (Å²) >= 11 is 6.71. The quantitative estimate of drug-likeness (QED) is 0.563. The van der Waals surface area contributed by atoms with Crippen LogP contribution in [0.15, 0.2) is 36.8 Å². The maximum atomic E-state index is 13.0. The Morgan fingerprint density at radius 1 is 1.17 bits per heavy atom. The number of carbonyl (C=O) groups excluding carboxylic acids is 1. The molecule has 8 nitrogen and oxygen atoms in total. The minimum Gasteiger partial charge on any atom is -0.379 e. The van der Waals surface area contributed by atoms with Crippen LogP contribution in [0.25, 0.3) is 10.8 Å². The standard InChI is InChI=1S/C27H33ClN6O2/c1-17-24(20-14-30-32(3)15-20)25(17)26(35)31-23-12-18-11-22(21(28)10-19(18)13-29-23)33-5-7-34(8-6-33)27(2)4-9-36-16-27/h10-15,17,24-25H,4-9,16H2,1-3H3,(H,29,31,35)/t17-,24-,25+,27+/m1/s1. The molecule has 1 saturated carbocycles. The van der Waals surface area contributed by atoms with Crippen LogP contribution >= 0.6 is 11.6 Å². The summed E-state index contributed by atoms with van der Waals surface area (Å²) in [7, 11) is 1.90. The summed E-state index contributed by atoms with van der Waals surface area (Å²) in [4.78, 5) is 22.4. The molecule has 190 valence electrons. The van der Waals surface area contributed by atoms with Crippen LogP contribution in [-0.4, -0.2) is 70.5 Å². The maximum absolute atomic E-state index is 13.0. The van der Waals surface area contributed by atoms with Gasteiger partial charge < -0.3 is 15.0 Å². The van der Waals surface area contributed by atoms with Gasteiger partial charge in [-0.15, -0.1) is 0 Å². The van der Waals surface area contributed by atoms with Crippen molar-refractivity contribution in [2.75, 3.05) is 49.6 Å². The first-order valence-electron chi connectivity index (χ1n) is 12.8. The van der Waals surface area contributed by atoms with Crippen LogP contribution in [0.4, 0.5) is 11.5 Å². The second-order valence-electron chi connectivity index (χ2n) is 10.8. The van der Waals surface area contributed by atoms with Crippen LogP contribution < -0.4 is 10.2 Å². The summed E-state index contributed by atoms with van der Waals surface area (Å²) in [6, 6.07) is 6.06. The number of aryl methyl sites for hydroxylation is 1.